The molecule has 0 spiro atoms. The quantitative estimate of drug-likeness (QED) is 0.881. The van der Waals surface area contributed by atoms with E-state index < -0.39 is 5.97 Å². The summed E-state index contributed by atoms with van der Waals surface area (Å²) in [6, 6.07) is 0. The summed E-state index contributed by atoms with van der Waals surface area (Å²) >= 11 is 0. The molecule has 0 aliphatic carbocycles. The first-order chi connectivity index (χ1) is 8.73. The highest BCUT2D eigenvalue weighted by Crippen LogP contribution is 2.15. The highest BCUT2D eigenvalue weighted by molar-refractivity contribution is 5.70. The van der Waals surface area contributed by atoms with Crippen LogP contribution in [-0.4, -0.2) is 20.6 Å². The lowest BCUT2D eigenvalue weighted by atomic mass is 9.97. The summed E-state index contributed by atoms with van der Waals surface area (Å²) in [6.07, 6.45) is -0.0962. The SMILES string of the molecule is Cc1nc(=O)n(CC(C)C(C)C)c(C)c1CC(=O)O. The van der Waals surface area contributed by atoms with Gasteiger partial charge in [-0.3, -0.25) is 9.36 Å². The standard InChI is InChI=1S/C14H22N2O3/c1-8(2)9(3)7-16-11(5)12(6-13(17)18)10(4)15-14(16)19/h8-9H,6-7H2,1-5H3,(H,17,18). The Hall–Kier alpha value is -1.65. The van der Waals surface area contributed by atoms with Crippen molar-refractivity contribution in [2.24, 2.45) is 11.8 Å². The fourth-order valence-corrected chi connectivity index (χ4v) is 1.96. The van der Waals surface area contributed by atoms with Crippen molar-refractivity contribution in [1.29, 1.82) is 0 Å². The van der Waals surface area contributed by atoms with Crippen LogP contribution in [0.2, 0.25) is 0 Å². The van der Waals surface area contributed by atoms with Crippen molar-refractivity contribution in [1.82, 2.24) is 9.55 Å². The van der Waals surface area contributed by atoms with Crippen LogP contribution in [0.25, 0.3) is 0 Å². The number of carboxylic acids is 1. The third-order valence-electron chi connectivity index (χ3n) is 3.71. The molecule has 0 bridgehead atoms. The van der Waals surface area contributed by atoms with Crippen molar-refractivity contribution >= 4 is 5.97 Å². The molecule has 0 radical (unpaired) electrons. The highest BCUT2D eigenvalue weighted by atomic mass is 16.4. The first kappa shape index (κ1) is 15.4. The van der Waals surface area contributed by atoms with Crippen LogP contribution in [0.3, 0.4) is 0 Å². The zero-order valence-electron chi connectivity index (χ0n) is 12.2. The Morgan fingerprint density at radius 2 is 1.89 bits per heavy atom. The van der Waals surface area contributed by atoms with E-state index in [0.717, 1.165) is 0 Å². The molecule has 0 amide bonds. The van der Waals surface area contributed by atoms with Gasteiger partial charge in [-0.1, -0.05) is 20.8 Å². The van der Waals surface area contributed by atoms with Gasteiger partial charge in [0.05, 0.1) is 6.42 Å². The number of aryl methyl sites for hydroxylation is 1. The second-order valence-electron chi connectivity index (χ2n) is 5.45. The van der Waals surface area contributed by atoms with E-state index in [1.165, 1.54) is 0 Å². The molecule has 1 N–H and O–H groups in total. The Labute approximate surface area is 113 Å². The molecule has 0 aromatic carbocycles. The van der Waals surface area contributed by atoms with E-state index in [1.54, 1.807) is 18.4 Å². The van der Waals surface area contributed by atoms with Gasteiger partial charge in [0.1, 0.15) is 0 Å². The molecule has 1 atom stereocenters. The predicted octanol–water partition coefficient (Wildman–Crippen LogP) is 1.78. The van der Waals surface area contributed by atoms with E-state index in [2.05, 4.69) is 25.8 Å². The molecule has 19 heavy (non-hydrogen) atoms. The third-order valence-corrected chi connectivity index (χ3v) is 3.71. The molecule has 0 aliphatic rings. The molecular formula is C14H22N2O3. The molecule has 1 aromatic rings. The normalized spacial score (nSPS) is 12.7. The Kier molecular flexibility index (Phi) is 4.86. The van der Waals surface area contributed by atoms with Gasteiger partial charge in [0.15, 0.2) is 0 Å². The molecule has 1 unspecified atom stereocenters. The summed E-state index contributed by atoms with van der Waals surface area (Å²) in [6.45, 7) is 10.3. The van der Waals surface area contributed by atoms with Crippen molar-refractivity contribution in [2.75, 3.05) is 0 Å². The molecule has 0 saturated carbocycles. The van der Waals surface area contributed by atoms with Gasteiger partial charge in [0.2, 0.25) is 0 Å². The van der Waals surface area contributed by atoms with Crippen molar-refractivity contribution in [3.8, 4) is 0 Å². The second-order valence-corrected chi connectivity index (χ2v) is 5.45. The van der Waals surface area contributed by atoms with Gasteiger partial charge in [-0.15, -0.1) is 0 Å². The van der Waals surface area contributed by atoms with Gasteiger partial charge in [-0.2, -0.15) is 4.98 Å². The van der Waals surface area contributed by atoms with Crippen molar-refractivity contribution in [2.45, 2.75) is 47.6 Å². The Balaban J connectivity index is 3.25. The number of carbonyl (C=O) groups is 1. The predicted molar refractivity (Wildman–Crippen MR) is 73.3 cm³/mol. The number of hydrogen-bond donors (Lipinski definition) is 1. The van der Waals surface area contributed by atoms with E-state index in [1.807, 2.05) is 0 Å². The number of hydrogen-bond acceptors (Lipinski definition) is 3. The van der Waals surface area contributed by atoms with Gasteiger partial charge >= 0.3 is 11.7 Å². The minimum atomic E-state index is -0.907. The summed E-state index contributed by atoms with van der Waals surface area (Å²) in [7, 11) is 0. The summed E-state index contributed by atoms with van der Waals surface area (Å²) < 4.78 is 1.59. The fourth-order valence-electron chi connectivity index (χ4n) is 1.96. The fraction of sp³-hybridized carbons (Fsp3) is 0.643. The topological polar surface area (TPSA) is 72.2 Å². The van der Waals surface area contributed by atoms with Gasteiger partial charge in [-0.25, -0.2) is 4.79 Å². The Morgan fingerprint density at radius 1 is 1.32 bits per heavy atom. The lowest BCUT2D eigenvalue weighted by Gasteiger charge is -2.20. The Morgan fingerprint density at radius 3 is 2.37 bits per heavy atom. The maximum absolute atomic E-state index is 12.0. The van der Waals surface area contributed by atoms with Crippen molar-refractivity contribution in [3.63, 3.8) is 0 Å². The van der Waals surface area contributed by atoms with Gasteiger partial charge in [0.25, 0.3) is 0 Å². The zero-order chi connectivity index (χ0) is 14.7. The number of carboxylic acid groups (broad SMARTS) is 1. The van der Waals surface area contributed by atoms with Gasteiger partial charge in [0, 0.05) is 23.5 Å². The monoisotopic (exact) mass is 266 g/mol. The second kappa shape index (κ2) is 5.99. The largest absolute Gasteiger partial charge is 0.481 e. The highest BCUT2D eigenvalue weighted by Gasteiger charge is 2.16. The lowest BCUT2D eigenvalue weighted by molar-refractivity contribution is -0.136. The number of rotatable bonds is 5. The first-order valence-corrected chi connectivity index (χ1v) is 6.52. The van der Waals surface area contributed by atoms with E-state index in [0.29, 0.717) is 35.3 Å². The van der Waals surface area contributed by atoms with Crippen LogP contribution < -0.4 is 5.69 Å². The minimum Gasteiger partial charge on any atom is -0.481 e. The van der Waals surface area contributed by atoms with E-state index in [-0.39, 0.29) is 12.1 Å². The van der Waals surface area contributed by atoms with E-state index >= 15 is 0 Å². The molecule has 5 heteroatoms. The molecule has 0 fully saturated rings. The molecule has 5 nitrogen and oxygen atoms in total. The maximum Gasteiger partial charge on any atom is 0.347 e. The van der Waals surface area contributed by atoms with E-state index in [4.69, 9.17) is 5.11 Å². The average Bonchev–Trinajstić information content (AvgIpc) is 2.29. The Bertz CT molecular complexity index is 532. The number of aromatic nitrogens is 2. The maximum atomic E-state index is 12.0. The van der Waals surface area contributed by atoms with Crippen molar-refractivity contribution in [3.05, 3.63) is 27.4 Å². The molecule has 1 aromatic heterocycles. The van der Waals surface area contributed by atoms with Crippen LogP contribution in [0.5, 0.6) is 0 Å². The average molecular weight is 266 g/mol. The van der Waals surface area contributed by atoms with Gasteiger partial charge in [-0.05, 0) is 25.7 Å². The third kappa shape index (κ3) is 3.66. The van der Waals surface area contributed by atoms with Gasteiger partial charge < -0.3 is 5.11 Å². The molecular weight excluding hydrogens is 244 g/mol. The summed E-state index contributed by atoms with van der Waals surface area (Å²) in [4.78, 5) is 26.8. The number of nitrogens with zero attached hydrogens (tertiary/aromatic N) is 2. The summed E-state index contributed by atoms with van der Waals surface area (Å²) in [5.74, 6) is -0.121. The molecule has 0 saturated heterocycles. The summed E-state index contributed by atoms with van der Waals surface area (Å²) in [5.41, 5.74) is 1.57. The van der Waals surface area contributed by atoms with Crippen LogP contribution in [0.4, 0.5) is 0 Å². The minimum absolute atomic E-state index is 0.0962. The van der Waals surface area contributed by atoms with E-state index in [9.17, 15) is 9.59 Å². The number of aliphatic carboxylic acids is 1. The van der Waals surface area contributed by atoms with Crippen LogP contribution in [0.15, 0.2) is 4.79 Å². The first-order valence-electron chi connectivity index (χ1n) is 6.52. The molecule has 106 valence electrons. The van der Waals surface area contributed by atoms with Crippen molar-refractivity contribution < 1.29 is 9.90 Å². The van der Waals surface area contributed by atoms with Crippen LogP contribution in [0.1, 0.15) is 37.7 Å². The smallest absolute Gasteiger partial charge is 0.347 e. The summed E-state index contributed by atoms with van der Waals surface area (Å²) in [5, 5.41) is 8.93. The molecule has 0 aliphatic heterocycles. The van der Waals surface area contributed by atoms with Crippen LogP contribution in [-0.2, 0) is 17.8 Å². The van der Waals surface area contributed by atoms with Crippen LogP contribution in [0, 0.1) is 25.7 Å². The molecule has 1 heterocycles. The van der Waals surface area contributed by atoms with Crippen LogP contribution >= 0.6 is 0 Å². The lowest BCUT2D eigenvalue weighted by Crippen LogP contribution is -2.31. The molecule has 1 rings (SSSR count). The zero-order valence-corrected chi connectivity index (χ0v) is 12.2.